The summed E-state index contributed by atoms with van der Waals surface area (Å²) in [5, 5.41) is 5.45. The summed E-state index contributed by atoms with van der Waals surface area (Å²) in [4.78, 5) is 24.3. The monoisotopic (exact) mass is 437 g/mol. The van der Waals surface area contributed by atoms with Crippen molar-refractivity contribution in [1.82, 2.24) is 14.8 Å². The molecule has 1 atom stereocenters. The lowest BCUT2D eigenvalue weighted by atomic mass is 9.89. The summed E-state index contributed by atoms with van der Waals surface area (Å²) in [5.41, 5.74) is 3.70. The second-order valence-electron chi connectivity index (χ2n) is 8.30. The van der Waals surface area contributed by atoms with E-state index in [9.17, 15) is 4.79 Å². The summed E-state index contributed by atoms with van der Waals surface area (Å²) in [6.45, 7) is 5.73. The Morgan fingerprint density at radius 3 is 2.63 bits per heavy atom. The molecule has 1 saturated heterocycles. The van der Waals surface area contributed by atoms with Gasteiger partial charge in [-0.3, -0.25) is 9.69 Å². The Kier molecular flexibility index (Phi) is 5.72. The Labute approximate surface area is 186 Å². The SMILES string of the molecule is Cc1nc(CN2CCC(C(=O)N3CCc4sccc4C3c3ccccc3)CC2)cs1. The molecular formula is C24H27N3OS2. The number of hydrogen-bond acceptors (Lipinski definition) is 5. The van der Waals surface area contributed by atoms with Crippen LogP contribution in [0.15, 0.2) is 47.2 Å². The molecule has 1 amide bonds. The quantitative estimate of drug-likeness (QED) is 0.583. The number of aromatic nitrogens is 1. The number of fused-ring (bicyclic) bond motifs is 1. The number of amides is 1. The predicted octanol–water partition coefficient (Wildman–Crippen LogP) is 4.90. The van der Waals surface area contributed by atoms with E-state index < -0.39 is 0 Å². The van der Waals surface area contributed by atoms with E-state index in [1.54, 1.807) is 11.3 Å². The Morgan fingerprint density at radius 2 is 1.90 bits per heavy atom. The van der Waals surface area contributed by atoms with E-state index in [0.717, 1.165) is 56.1 Å². The first-order valence-corrected chi connectivity index (χ1v) is 12.5. The molecule has 0 saturated carbocycles. The van der Waals surface area contributed by atoms with Crippen molar-refractivity contribution < 1.29 is 4.79 Å². The van der Waals surface area contributed by atoms with Crippen molar-refractivity contribution in [3.8, 4) is 0 Å². The summed E-state index contributed by atoms with van der Waals surface area (Å²) >= 11 is 3.54. The Hall–Kier alpha value is -2.02. The zero-order valence-corrected chi connectivity index (χ0v) is 18.9. The van der Waals surface area contributed by atoms with Crippen molar-refractivity contribution in [2.45, 2.75) is 38.8 Å². The van der Waals surface area contributed by atoms with Gasteiger partial charge in [-0.15, -0.1) is 22.7 Å². The van der Waals surface area contributed by atoms with Gasteiger partial charge in [0.05, 0.1) is 16.7 Å². The normalized spacial score (nSPS) is 20.3. The number of hydrogen-bond donors (Lipinski definition) is 0. The molecule has 6 heteroatoms. The van der Waals surface area contributed by atoms with Gasteiger partial charge >= 0.3 is 0 Å². The van der Waals surface area contributed by atoms with Crippen molar-refractivity contribution in [1.29, 1.82) is 0 Å². The molecule has 156 valence electrons. The largest absolute Gasteiger partial charge is 0.331 e. The van der Waals surface area contributed by atoms with E-state index in [0.29, 0.717) is 5.91 Å². The third-order valence-corrected chi connectivity index (χ3v) is 8.17. The minimum Gasteiger partial charge on any atom is -0.331 e. The maximum absolute atomic E-state index is 13.6. The van der Waals surface area contributed by atoms with Crippen LogP contribution in [0.5, 0.6) is 0 Å². The predicted molar refractivity (Wildman–Crippen MR) is 123 cm³/mol. The molecule has 1 unspecified atom stereocenters. The molecule has 3 aromatic rings. The number of thiophene rings is 1. The molecule has 1 fully saturated rings. The molecule has 0 bridgehead atoms. The second kappa shape index (κ2) is 8.61. The van der Waals surface area contributed by atoms with Gasteiger partial charge in [0, 0.05) is 29.3 Å². The van der Waals surface area contributed by atoms with Crippen LogP contribution >= 0.6 is 22.7 Å². The summed E-state index contributed by atoms with van der Waals surface area (Å²) in [5.74, 6) is 0.467. The molecule has 0 N–H and O–H groups in total. The molecule has 0 radical (unpaired) electrons. The fourth-order valence-electron chi connectivity index (χ4n) is 4.83. The Morgan fingerprint density at radius 1 is 1.10 bits per heavy atom. The van der Waals surface area contributed by atoms with Gasteiger partial charge in [0.25, 0.3) is 0 Å². The highest BCUT2D eigenvalue weighted by Crippen LogP contribution is 2.39. The number of rotatable bonds is 4. The molecule has 5 rings (SSSR count). The standard InChI is InChI=1S/C24H27N3OS2/c1-17-25-20(16-30-17)15-26-11-7-19(8-12-26)24(28)27-13-9-22-21(10-14-29-22)23(27)18-5-3-2-4-6-18/h2-6,10,14,16,19,23H,7-9,11-13,15H2,1H3. The van der Waals surface area contributed by atoms with E-state index in [1.165, 1.54) is 16.0 Å². The zero-order valence-electron chi connectivity index (χ0n) is 17.3. The summed E-state index contributed by atoms with van der Waals surface area (Å²) in [6.07, 6.45) is 2.86. The van der Waals surface area contributed by atoms with Gasteiger partial charge in [0.2, 0.25) is 5.91 Å². The Bertz CT molecular complexity index is 1000. The minimum absolute atomic E-state index is 0.0599. The minimum atomic E-state index is 0.0599. The molecule has 4 heterocycles. The van der Waals surface area contributed by atoms with Gasteiger partial charge in [0.1, 0.15) is 0 Å². The average Bonchev–Trinajstić information content (AvgIpc) is 3.42. The lowest BCUT2D eigenvalue weighted by Crippen LogP contribution is -2.46. The molecule has 30 heavy (non-hydrogen) atoms. The average molecular weight is 438 g/mol. The first-order valence-electron chi connectivity index (χ1n) is 10.7. The van der Waals surface area contributed by atoms with Crippen molar-refractivity contribution in [2.75, 3.05) is 19.6 Å². The summed E-state index contributed by atoms with van der Waals surface area (Å²) < 4.78 is 0. The number of nitrogens with zero attached hydrogens (tertiary/aromatic N) is 3. The van der Waals surface area contributed by atoms with Gasteiger partial charge in [0.15, 0.2) is 0 Å². The summed E-state index contributed by atoms with van der Waals surface area (Å²) in [6, 6.07) is 12.8. The zero-order chi connectivity index (χ0) is 20.5. The molecule has 0 spiro atoms. The highest BCUT2D eigenvalue weighted by Gasteiger charge is 2.36. The van der Waals surface area contributed by atoms with Crippen LogP contribution in [0, 0.1) is 12.8 Å². The van der Waals surface area contributed by atoms with Gasteiger partial charge < -0.3 is 4.90 Å². The molecule has 2 aromatic heterocycles. The number of carbonyl (C=O) groups is 1. The van der Waals surface area contributed by atoms with Gasteiger partial charge in [-0.05, 0) is 61.8 Å². The van der Waals surface area contributed by atoms with E-state index in [1.807, 2.05) is 17.4 Å². The topological polar surface area (TPSA) is 36.4 Å². The molecular weight excluding hydrogens is 410 g/mol. The number of thiazole rings is 1. The third-order valence-electron chi connectivity index (χ3n) is 6.35. The van der Waals surface area contributed by atoms with Gasteiger partial charge in [-0.25, -0.2) is 4.98 Å². The van der Waals surface area contributed by atoms with Crippen molar-refractivity contribution >= 4 is 28.6 Å². The number of piperidine rings is 1. The van der Waals surface area contributed by atoms with E-state index in [4.69, 9.17) is 0 Å². The number of likely N-dealkylation sites (tertiary alicyclic amines) is 1. The molecule has 2 aliphatic heterocycles. The molecule has 0 aliphatic carbocycles. The van der Waals surface area contributed by atoms with E-state index in [-0.39, 0.29) is 12.0 Å². The van der Waals surface area contributed by atoms with Gasteiger partial charge in [-0.2, -0.15) is 0 Å². The first kappa shape index (κ1) is 19.9. The van der Waals surface area contributed by atoms with Crippen LogP contribution in [0.2, 0.25) is 0 Å². The Balaban J connectivity index is 1.29. The van der Waals surface area contributed by atoms with Crippen LogP contribution in [0.25, 0.3) is 0 Å². The number of aryl methyl sites for hydroxylation is 1. The molecule has 4 nitrogen and oxygen atoms in total. The highest BCUT2D eigenvalue weighted by molar-refractivity contribution is 7.10. The van der Waals surface area contributed by atoms with Crippen LogP contribution in [0.1, 0.15) is 45.6 Å². The fourth-order valence-corrected chi connectivity index (χ4v) is 6.34. The highest BCUT2D eigenvalue weighted by atomic mass is 32.1. The maximum Gasteiger partial charge on any atom is 0.226 e. The third kappa shape index (κ3) is 3.96. The van der Waals surface area contributed by atoms with Crippen molar-refractivity contribution in [3.63, 3.8) is 0 Å². The van der Waals surface area contributed by atoms with Crippen molar-refractivity contribution in [2.24, 2.45) is 5.92 Å². The second-order valence-corrected chi connectivity index (χ2v) is 10.4. The lowest BCUT2D eigenvalue weighted by Gasteiger charge is -2.40. The van der Waals surface area contributed by atoms with Crippen LogP contribution < -0.4 is 0 Å². The molecule has 1 aromatic carbocycles. The maximum atomic E-state index is 13.6. The number of benzene rings is 1. The lowest BCUT2D eigenvalue weighted by molar-refractivity contribution is -0.139. The van der Waals surface area contributed by atoms with Crippen LogP contribution in [0.3, 0.4) is 0 Å². The fraction of sp³-hybridized carbons (Fsp3) is 0.417. The smallest absolute Gasteiger partial charge is 0.226 e. The first-order chi connectivity index (χ1) is 14.7. The van der Waals surface area contributed by atoms with Crippen molar-refractivity contribution in [3.05, 3.63) is 73.9 Å². The van der Waals surface area contributed by atoms with Gasteiger partial charge in [-0.1, -0.05) is 30.3 Å². The van der Waals surface area contributed by atoms with Crippen LogP contribution in [0.4, 0.5) is 0 Å². The van der Waals surface area contributed by atoms with Crippen LogP contribution in [-0.2, 0) is 17.8 Å². The summed E-state index contributed by atoms with van der Waals surface area (Å²) in [7, 11) is 0. The van der Waals surface area contributed by atoms with E-state index in [2.05, 4.69) is 62.8 Å². The van der Waals surface area contributed by atoms with Crippen LogP contribution in [-0.4, -0.2) is 40.3 Å². The van der Waals surface area contributed by atoms with E-state index >= 15 is 0 Å². The molecule has 2 aliphatic rings. The number of carbonyl (C=O) groups excluding carboxylic acids is 1.